The van der Waals surface area contributed by atoms with Gasteiger partial charge in [0.15, 0.2) is 0 Å². The highest BCUT2D eigenvalue weighted by atomic mass is 32.2. The number of hydrogen-bond donors (Lipinski definition) is 0. The van der Waals surface area contributed by atoms with Crippen LogP contribution in [0.1, 0.15) is 22.4 Å². The van der Waals surface area contributed by atoms with Gasteiger partial charge in [0.05, 0.1) is 10.4 Å². The van der Waals surface area contributed by atoms with Crippen molar-refractivity contribution in [3.63, 3.8) is 0 Å². The lowest BCUT2D eigenvalue weighted by atomic mass is 9.94. The van der Waals surface area contributed by atoms with Crippen LogP contribution in [0.4, 0.5) is 0 Å². The van der Waals surface area contributed by atoms with Crippen LogP contribution in [0.25, 0.3) is 22.8 Å². The Balaban J connectivity index is 1.44. The fourth-order valence-corrected chi connectivity index (χ4v) is 7.08. The van der Waals surface area contributed by atoms with Crippen molar-refractivity contribution in [2.45, 2.75) is 25.2 Å². The van der Waals surface area contributed by atoms with Crippen molar-refractivity contribution in [3.05, 3.63) is 131 Å². The molecule has 0 amide bonds. The molecule has 6 rings (SSSR count). The highest BCUT2D eigenvalue weighted by Crippen LogP contribution is 2.36. The maximum Gasteiger partial charge on any atom is 0.243 e. The van der Waals surface area contributed by atoms with Crippen LogP contribution in [0, 0.1) is 19.8 Å². The van der Waals surface area contributed by atoms with E-state index < -0.39 is 10.0 Å². The lowest BCUT2D eigenvalue weighted by molar-refractivity contribution is 0.454. The third-order valence-electron chi connectivity index (χ3n) is 7.69. The quantitative estimate of drug-likeness (QED) is 0.247. The Labute approximate surface area is 230 Å². The molecular weight excluding hydrogens is 502 g/mol. The minimum Gasteiger partial charge on any atom is -0.298 e. The first-order valence-corrected chi connectivity index (χ1v) is 14.7. The maximum atomic E-state index is 13.7. The van der Waals surface area contributed by atoms with Gasteiger partial charge in [-0.2, -0.15) is 4.31 Å². The zero-order chi connectivity index (χ0) is 27.0. The van der Waals surface area contributed by atoms with Gasteiger partial charge in [0.1, 0.15) is 5.82 Å². The summed E-state index contributed by atoms with van der Waals surface area (Å²) in [6.07, 6.45) is 4.68. The highest BCUT2D eigenvalue weighted by Gasteiger charge is 2.36. The smallest absolute Gasteiger partial charge is 0.243 e. The summed E-state index contributed by atoms with van der Waals surface area (Å²) >= 11 is 0. The molecule has 1 atom stereocenters. The number of fused-ring (bicyclic) bond motifs is 1. The minimum atomic E-state index is -3.63. The normalized spacial score (nSPS) is 17.3. The Hall–Kier alpha value is -4.00. The molecule has 5 nitrogen and oxygen atoms in total. The summed E-state index contributed by atoms with van der Waals surface area (Å²) in [6.45, 7) is 4.93. The second kappa shape index (κ2) is 10.3. The van der Waals surface area contributed by atoms with Gasteiger partial charge >= 0.3 is 0 Å². The number of rotatable bonds is 6. The first-order chi connectivity index (χ1) is 18.9. The van der Waals surface area contributed by atoms with E-state index in [1.807, 2.05) is 61.7 Å². The third-order valence-corrected chi connectivity index (χ3v) is 9.51. The van der Waals surface area contributed by atoms with E-state index in [0.29, 0.717) is 24.4 Å². The first kappa shape index (κ1) is 25.3. The molecule has 1 aliphatic heterocycles. The standard InChI is InChI=1S/C33H31N3O2S/c1-24-15-17-29(18-16-24)39(37,38)35-22-27(20-26-10-4-3-5-11-26)28(23-35)21-32-25(2)30-12-6-7-13-31(30)36(32)33-14-8-9-19-34-33/h3-20,28H,21-23H2,1-2H3/b27-20+/t28-/m0/s1. The van der Waals surface area contributed by atoms with Crippen LogP contribution in [-0.2, 0) is 16.4 Å². The Morgan fingerprint density at radius 1 is 0.872 bits per heavy atom. The number of aryl methyl sites for hydroxylation is 2. The van der Waals surface area contributed by atoms with Crippen molar-refractivity contribution in [2.24, 2.45) is 5.92 Å². The van der Waals surface area contributed by atoms with Crippen LogP contribution in [-0.4, -0.2) is 35.4 Å². The molecule has 3 heterocycles. The Kier molecular flexibility index (Phi) is 6.67. The molecule has 0 N–H and O–H groups in total. The molecule has 3 aromatic carbocycles. The van der Waals surface area contributed by atoms with Crippen LogP contribution in [0.5, 0.6) is 0 Å². The molecule has 1 aliphatic rings. The van der Waals surface area contributed by atoms with E-state index in [1.165, 1.54) is 10.9 Å². The van der Waals surface area contributed by atoms with E-state index in [1.54, 1.807) is 16.4 Å². The predicted molar refractivity (Wildman–Crippen MR) is 157 cm³/mol. The van der Waals surface area contributed by atoms with E-state index in [0.717, 1.165) is 33.7 Å². The molecule has 0 spiro atoms. The van der Waals surface area contributed by atoms with E-state index in [9.17, 15) is 8.42 Å². The van der Waals surface area contributed by atoms with Gasteiger partial charge in [-0.05, 0) is 67.3 Å². The molecule has 0 bridgehead atoms. The number of nitrogens with zero attached hydrogens (tertiary/aromatic N) is 3. The average Bonchev–Trinajstić information content (AvgIpc) is 3.49. The summed E-state index contributed by atoms with van der Waals surface area (Å²) in [5, 5.41) is 1.19. The summed E-state index contributed by atoms with van der Waals surface area (Å²) < 4.78 is 31.3. The second-order valence-corrected chi connectivity index (χ2v) is 12.2. The SMILES string of the molecule is Cc1ccc(S(=O)(=O)N2C/C(=C\c3ccccc3)[C@@H](Cc3c(C)c4ccccc4n3-c3ccccn3)C2)cc1. The van der Waals surface area contributed by atoms with E-state index in [-0.39, 0.29) is 5.92 Å². The molecule has 196 valence electrons. The molecule has 0 unspecified atom stereocenters. The molecule has 39 heavy (non-hydrogen) atoms. The van der Waals surface area contributed by atoms with Crippen LogP contribution in [0.3, 0.4) is 0 Å². The minimum absolute atomic E-state index is 0.0240. The molecule has 0 saturated carbocycles. The highest BCUT2D eigenvalue weighted by molar-refractivity contribution is 7.89. The fourth-order valence-electron chi connectivity index (χ4n) is 5.61. The van der Waals surface area contributed by atoms with Crippen LogP contribution in [0.2, 0.25) is 0 Å². The lowest BCUT2D eigenvalue weighted by Crippen LogP contribution is -2.29. The number of para-hydroxylation sites is 1. The molecule has 0 aliphatic carbocycles. The van der Waals surface area contributed by atoms with Crippen molar-refractivity contribution in [1.29, 1.82) is 0 Å². The second-order valence-electron chi connectivity index (χ2n) is 10.3. The number of hydrogen-bond acceptors (Lipinski definition) is 3. The average molecular weight is 534 g/mol. The van der Waals surface area contributed by atoms with Gasteiger partial charge < -0.3 is 0 Å². The summed E-state index contributed by atoms with van der Waals surface area (Å²) in [7, 11) is -3.63. The van der Waals surface area contributed by atoms with Crippen molar-refractivity contribution >= 4 is 27.0 Å². The van der Waals surface area contributed by atoms with E-state index in [4.69, 9.17) is 0 Å². The summed E-state index contributed by atoms with van der Waals surface area (Å²) in [4.78, 5) is 5.02. The van der Waals surface area contributed by atoms with Gasteiger partial charge in [-0.25, -0.2) is 13.4 Å². The number of pyridine rings is 1. The molecule has 2 aromatic heterocycles. The predicted octanol–water partition coefficient (Wildman–Crippen LogP) is 6.59. The van der Waals surface area contributed by atoms with Crippen LogP contribution >= 0.6 is 0 Å². The summed E-state index contributed by atoms with van der Waals surface area (Å²) in [5.74, 6) is 0.892. The number of aromatic nitrogens is 2. The number of benzene rings is 3. The van der Waals surface area contributed by atoms with Gasteiger partial charge in [0, 0.05) is 36.3 Å². The van der Waals surface area contributed by atoms with Crippen LogP contribution in [0.15, 0.2) is 114 Å². The van der Waals surface area contributed by atoms with E-state index >= 15 is 0 Å². The topological polar surface area (TPSA) is 55.2 Å². The largest absolute Gasteiger partial charge is 0.298 e. The summed E-state index contributed by atoms with van der Waals surface area (Å²) in [6, 6.07) is 31.6. The van der Waals surface area contributed by atoms with E-state index in [2.05, 4.69) is 58.9 Å². The van der Waals surface area contributed by atoms with Crippen molar-refractivity contribution in [1.82, 2.24) is 13.9 Å². The zero-order valence-electron chi connectivity index (χ0n) is 22.2. The molecular formula is C33H31N3O2S. The van der Waals surface area contributed by atoms with Crippen molar-refractivity contribution in [3.8, 4) is 5.82 Å². The van der Waals surface area contributed by atoms with Gasteiger partial charge in [-0.3, -0.25) is 4.57 Å². The Morgan fingerprint density at radius 2 is 1.59 bits per heavy atom. The van der Waals surface area contributed by atoms with Crippen molar-refractivity contribution < 1.29 is 8.42 Å². The lowest BCUT2D eigenvalue weighted by Gasteiger charge is -2.18. The fraction of sp³-hybridized carbons (Fsp3) is 0.182. The van der Waals surface area contributed by atoms with Gasteiger partial charge in [-0.1, -0.05) is 78.4 Å². The summed E-state index contributed by atoms with van der Waals surface area (Å²) in [5.41, 5.74) is 6.71. The molecule has 1 fully saturated rings. The zero-order valence-corrected chi connectivity index (χ0v) is 23.0. The molecule has 0 radical (unpaired) electrons. The van der Waals surface area contributed by atoms with Gasteiger partial charge in [0.25, 0.3) is 0 Å². The van der Waals surface area contributed by atoms with Gasteiger partial charge in [0.2, 0.25) is 10.0 Å². The number of sulfonamides is 1. The van der Waals surface area contributed by atoms with Crippen molar-refractivity contribution in [2.75, 3.05) is 13.1 Å². The van der Waals surface area contributed by atoms with Gasteiger partial charge in [-0.15, -0.1) is 0 Å². The molecule has 1 saturated heterocycles. The molecule has 6 heteroatoms. The Morgan fingerprint density at radius 3 is 2.33 bits per heavy atom. The monoisotopic (exact) mass is 533 g/mol. The maximum absolute atomic E-state index is 13.7. The third kappa shape index (κ3) is 4.82. The Bertz CT molecular complexity index is 1760. The van der Waals surface area contributed by atoms with Crippen LogP contribution < -0.4 is 0 Å². The molecule has 5 aromatic rings. The first-order valence-electron chi connectivity index (χ1n) is 13.2.